The van der Waals surface area contributed by atoms with Gasteiger partial charge in [-0.3, -0.25) is 19.3 Å². The smallest absolute Gasteiger partial charge is 0.325 e. The van der Waals surface area contributed by atoms with Crippen molar-refractivity contribution in [1.29, 1.82) is 0 Å². The highest BCUT2D eigenvalue weighted by Gasteiger charge is 2.21. The minimum absolute atomic E-state index is 0.211. The Morgan fingerprint density at radius 2 is 0.770 bits per heavy atom. The second-order valence-electron chi connectivity index (χ2n) is 14.5. The number of carboxylic acids is 2. The molecule has 7 aromatic rings. The van der Waals surface area contributed by atoms with E-state index in [0.717, 1.165) is 88.6 Å². The molecule has 9 rings (SSSR count). The summed E-state index contributed by atoms with van der Waals surface area (Å²) in [5, 5.41) is 18.4. The highest BCUT2D eigenvalue weighted by atomic mass is 16.5. The van der Waals surface area contributed by atoms with E-state index >= 15 is 0 Å². The van der Waals surface area contributed by atoms with Crippen molar-refractivity contribution < 1.29 is 29.3 Å². The van der Waals surface area contributed by atoms with Crippen LogP contribution in [0.4, 0.5) is 0 Å². The number of rotatable bonds is 11. The van der Waals surface area contributed by atoms with Crippen molar-refractivity contribution in [3.8, 4) is 50.3 Å². The first-order valence-corrected chi connectivity index (χ1v) is 19.6. The fourth-order valence-corrected chi connectivity index (χ4v) is 7.82. The molecule has 61 heavy (non-hydrogen) atoms. The molecule has 8 bridgehead atoms. The van der Waals surface area contributed by atoms with Gasteiger partial charge in [-0.15, -0.1) is 0 Å². The first-order chi connectivity index (χ1) is 29.8. The van der Waals surface area contributed by atoms with Gasteiger partial charge in [0.05, 0.1) is 42.4 Å². The van der Waals surface area contributed by atoms with Gasteiger partial charge >= 0.3 is 17.9 Å². The molecule has 0 unspecified atom stereocenters. The minimum Gasteiger partial charge on any atom is -0.480 e. The summed E-state index contributed by atoms with van der Waals surface area (Å²) in [7, 11) is 0. The standard InChI is InChI=1S/C50H37N5O6/c56-44(57)28-55(29-45(58)59)30-46(60)61-35-18-16-34(17-19-35)50-42-26-24-40(53-42)48(32-12-6-2-7-13-32)38-22-20-36(51-38)47(31-10-4-1-5-11-31)37-21-23-39(52-37)49(33-14-8-3-9-15-33)41-25-27-43(50)54-41/h1-27,51,54H,28-30H2,(H,56,57)(H,58,59). The van der Waals surface area contributed by atoms with Gasteiger partial charge in [0.2, 0.25) is 0 Å². The van der Waals surface area contributed by atoms with Crippen LogP contribution < -0.4 is 4.74 Å². The summed E-state index contributed by atoms with van der Waals surface area (Å²) in [6.07, 6.45) is 8.14. The number of carboxylic acid groups (broad SMARTS) is 2. The maximum Gasteiger partial charge on any atom is 0.325 e. The lowest BCUT2D eigenvalue weighted by molar-refractivity contribution is -0.144. The highest BCUT2D eigenvalue weighted by Crippen LogP contribution is 2.38. The molecule has 11 nitrogen and oxygen atoms in total. The summed E-state index contributed by atoms with van der Waals surface area (Å²) >= 11 is 0. The zero-order valence-electron chi connectivity index (χ0n) is 32.6. The fourth-order valence-electron chi connectivity index (χ4n) is 7.82. The van der Waals surface area contributed by atoms with Gasteiger partial charge in [0, 0.05) is 44.3 Å². The van der Waals surface area contributed by atoms with Crippen molar-refractivity contribution in [2.75, 3.05) is 19.6 Å². The van der Waals surface area contributed by atoms with Gasteiger partial charge in [-0.05, 0) is 83.0 Å². The normalized spacial score (nSPS) is 11.8. The Morgan fingerprint density at radius 1 is 0.443 bits per heavy atom. The van der Waals surface area contributed by atoms with E-state index in [9.17, 15) is 24.6 Å². The van der Waals surface area contributed by atoms with E-state index in [1.807, 2.05) is 91.0 Å². The molecule has 2 aliphatic rings. The topological polar surface area (TPSA) is 161 Å². The van der Waals surface area contributed by atoms with Gasteiger partial charge in [-0.1, -0.05) is 103 Å². The fraction of sp³-hybridized carbons (Fsp3) is 0.0600. The van der Waals surface area contributed by atoms with Crippen molar-refractivity contribution in [2.45, 2.75) is 0 Å². The Bertz CT molecular complexity index is 2990. The van der Waals surface area contributed by atoms with Gasteiger partial charge in [0.25, 0.3) is 0 Å². The second-order valence-corrected chi connectivity index (χ2v) is 14.5. The summed E-state index contributed by atoms with van der Waals surface area (Å²) in [6, 6.07) is 45.7. The van der Waals surface area contributed by atoms with E-state index < -0.39 is 37.5 Å². The maximum atomic E-state index is 12.8. The highest BCUT2D eigenvalue weighted by molar-refractivity contribution is 6.00. The van der Waals surface area contributed by atoms with Gasteiger partial charge in [0.15, 0.2) is 0 Å². The van der Waals surface area contributed by atoms with Crippen LogP contribution in [0.5, 0.6) is 5.75 Å². The molecule has 0 radical (unpaired) electrons. The molecular weight excluding hydrogens is 767 g/mol. The average Bonchev–Trinajstić information content (AvgIpc) is 4.10. The lowest BCUT2D eigenvalue weighted by Gasteiger charge is -2.16. The number of H-pyrrole nitrogens is 2. The summed E-state index contributed by atoms with van der Waals surface area (Å²) in [5.74, 6) is -3.09. The largest absolute Gasteiger partial charge is 0.480 e. The zero-order valence-corrected chi connectivity index (χ0v) is 32.6. The van der Waals surface area contributed by atoms with E-state index in [1.54, 1.807) is 12.1 Å². The van der Waals surface area contributed by atoms with Crippen LogP contribution in [-0.2, 0) is 14.4 Å². The van der Waals surface area contributed by atoms with Gasteiger partial charge in [-0.2, -0.15) is 0 Å². The number of aromatic amines is 2. The molecule has 298 valence electrons. The van der Waals surface area contributed by atoms with E-state index in [1.165, 1.54) is 0 Å². The molecular formula is C50H37N5O6. The second kappa shape index (κ2) is 16.6. The quantitative estimate of drug-likeness (QED) is 0.0737. The van der Waals surface area contributed by atoms with Crippen molar-refractivity contribution in [3.63, 3.8) is 0 Å². The van der Waals surface area contributed by atoms with Gasteiger partial charge in [0.1, 0.15) is 5.75 Å². The number of esters is 1. The van der Waals surface area contributed by atoms with Crippen LogP contribution in [0.15, 0.2) is 140 Å². The number of hydrogen-bond acceptors (Lipinski definition) is 7. The van der Waals surface area contributed by atoms with Crippen molar-refractivity contribution >= 4 is 64.3 Å². The Kier molecular flexibility index (Phi) is 10.4. The Balaban J connectivity index is 1.27. The van der Waals surface area contributed by atoms with E-state index in [-0.39, 0.29) is 5.75 Å². The van der Waals surface area contributed by atoms with Crippen molar-refractivity contribution in [2.24, 2.45) is 0 Å². The number of aromatic nitrogens is 4. The molecule has 0 atom stereocenters. The first-order valence-electron chi connectivity index (χ1n) is 19.6. The number of aliphatic carboxylic acids is 2. The number of carbonyl (C=O) groups is 3. The number of nitrogens with zero attached hydrogens (tertiary/aromatic N) is 3. The van der Waals surface area contributed by atoms with Gasteiger partial charge < -0.3 is 24.9 Å². The number of nitrogens with one attached hydrogen (secondary N) is 2. The molecule has 3 aromatic heterocycles. The first kappa shape index (κ1) is 38.4. The number of carbonyl (C=O) groups excluding carboxylic acids is 1. The van der Waals surface area contributed by atoms with Crippen LogP contribution in [0.3, 0.4) is 0 Å². The molecule has 11 heteroatoms. The monoisotopic (exact) mass is 803 g/mol. The predicted molar refractivity (Wildman–Crippen MR) is 238 cm³/mol. The van der Waals surface area contributed by atoms with Crippen LogP contribution in [0.1, 0.15) is 22.8 Å². The van der Waals surface area contributed by atoms with Crippen LogP contribution in [0, 0.1) is 0 Å². The van der Waals surface area contributed by atoms with Crippen molar-refractivity contribution in [1.82, 2.24) is 24.8 Å². The molecule has 4 N–H and O–H groups in total. The van der Waals surface area contributed by atoms with E-state index in [2.05, 4.69) is 70.7 Å². The Labute approximate surface area is 349 Å². The number of ether oxygens (including phenoxy) is 1. The molecule has 0 aliphatic carbocycles. The predicted octanol–water partition coefficient (Wildman–Crippen LogP) is 9.70. The Morgan fingerprint density at radius 3 is 1.10 bits per heavy atom. The third kappa shape index (κ3) is 8.14. The van der Waals surface area contributed by atoms with Crippen LogP contribution in [0.25, 0.3) is 90.9 Å². The summed E-state index contributed by atoms with van der Waals surface area (Å²) in [6.45, 7) is -1.77. The molecule has 0 amide bonds. The molecule has 0 saturated carbocycles. The van der Waals surface area contributed by atoms with Crippen LogP contribution in [-0.4, -0.2) is 72.6 Å². The average molecular weight is 804 g/mol. The summed E-state index contributed by atoms with van der Waals surface area (Å²) in [4.78, 5) is 54.5. The number of hydrogen-bond donors (Lipinski definition) is 4. The van der Waals surface area contributed by atoms with Crippen LogP contribution in [0.2, 0.25) is 0 Å². The van der Waals surface area contributed by atoms with Crippen LogP contribution >= 0.6 is 0 Å². The zero-order chi connectivity index (χ0) is 41.9. The molecule has 5 heterocycles. The third-order valence-corrected chi connectivity index (χ3v) is 10.4. The van der Waals surface area contributed by atoms with Crippen molar-refractivity contribution in [3.05, 3.63) is 162 Å². The molecule has 4 aromatic carbocycles. The molecule has 0 fully saturated rings. The maximum absolute atomic E-state index is 12.8. The lowest BCUT2D eigenvalue weighted by Crippen LogP contribution is -2.39. The van der Waals surface area contributed by atoms with Gasteiger partial charge in [-0.25, -0.2) is 9.97 Å². The number of benzene rings is 4. The lowest BCUT2D eigenvalue weighted by atomic mass is 10.0. The van der Waals surface area contributed by atoms with E-state index in [0.29, 0.717) is 5.69 Å². The Hall–Kier alpha value is -8.15. The summed E-state index contributed by atoms with van der Waals surface area (Å²) < 4.78 is 5.54. The molecule has 0 saturated heterocycles. The summed E-state index contributed by atoms with van der Waals surface area (Å²) in [5.41, 5.74) is 13.9. The van der Waals surface area contributed by atoms with E-state index in [4.69, 9.17) is 14.7 Å². The third-order valence-electron chi connectivity index (χ3n) is 10.4. The minimum atomic E-state index is -1.26. The SMILES string of the molecule is O=C(O)CN(CC(=O)O)CC(=O)Oc1ccc(-c2c3nc(c(-c4ccccc4)c4ccc([nH]4)c(-c4ccccc4)c4nc(c(-c5ccccc5)c5ccc2[nH]5)C=C4)C=C3)cc1. The molecule has 2 aliphatic heterocycles. The molecule has 0 spiro atoms. The number of fused-ring (bicyclic) bond motifs is 8.